The number of rotatable bonds is 5. The van der Waals surface area contributed by atoms with Crippen LogP contribution >= 0.6 is 11.3 Å². The molecule has 3 rings (SSSR count). The molecular formula is C16H19N5O3S. The number of fused-ring (bicyclic) bond motifs is 1. The number of para-hydroxylation sites is 1. The molecule has 1 N–H and O–H groups in total. The first kappa shape index (κ1) is 17.2. The van der Waals surface area contributed by atoms with Gasteiger partial charge in [-0.1, -0.05) is 23.5 Å². The summed E-state index contributed by atoms with van der Waals surface area (Å²) < 4.78 is 3.01. The first-order chi connectivity index (χ1) is 12.0. The third-order valence-corrected chi connectivity index (χ3v) is 5.12. The fourth-order valence-electron chi connectivity index (χ4n) is 2.64. The monoisotopic (exact) mass is 361 g/mol. The molecule has 132 valence electrons. The maximum Gasteiger partial charge on any atom is 0.326 e. The molecule has 2 aromatic rings. The second kappa shape index (κ2) is 7.06. The van der Waals surface area contributed by atoms with Gasteiger partial charge in [-0.15, -0.1) is 5.10 Å². The minimum absolute atomic E-state index is 0.100. The lowest BCUT2D eigenvalue weighted by Gasteiger charge is -2.13. The third kappa shape index (κ3) is 3.55. The van der Waals surface area contributed by atoms with E-state index in [9.17, 15) is 14.4 Å². The van der Waals surface area contributed by atoms with Crippen LogP contribution in [-0.4, -0.2) is 52.3 Å². The summed E-state index contributed by atoms with van der Waals surface area (Å²) in [6.45, 7) is 0.342. The highest BCUT2D eigenvalue weighted by molar-refractivity contribution is 7.16. The maximum atomic E-state index is 11.9. The smallest absolute Gasteiger partial charge is 0.318 e. The fourth-order valence-corrected chi connectivity index (χ4v) is 3.62. The van der Waals surface area contributed by atoms with Crippen molar-refractivity contribution in [3.8, 4) is 0 Å². The van der Waals surface area contributed by atoms with Crippen molar-refractivity contribution < 1.29 is 14.4 Å². The summed E-state index contributed by atoms with van der Waals surface area (Å²) in [5.74, 6) is -0.472. The van der Waals surface area contributed by atoms with Crippen molar-refractivity contribution in [1.82, 2.24) is 19.8 Å². The van der Waals surface area contributed by atoms with Gasteiger partial charge in [0.2, 0.25) is 16.6 Å². The Hall–Kier alpha value is -2.68. The van der Waals surface area contributed by atoms with E-state index < -0.39 is 0 Å². The molecule has 8 nitrogen and oxygen atoms in total. The Morgan fingerprint density at radius 1 is 1.28 bits per heavy atom. The van der Waals surface area contributed by atoms with Crippen LogP contribution in [0.4, 0.5) is 4.79 Å². The number of thiazole rings is 1. The SMILES string of the molecule is CN1CC(=O)N(CCCC(=O)N/N=c2/sc3ccccc3n2C)C1=O. The van der Waals surface area contributed by atoms with Gasteiger partial charge in [0.15, 0.2) is 0 Å². The van der Waals surface area contributed by atoms with Crippen LogP contribution in [0.15, 0.2) is 29.4 Å². The zero-order chi connectivity index (χ0) is 18.0. The number of nitrogens with one attached hydrogen (secondary N) is 1. The zero-order valence-electron chi connectivity index (χ0n) is 14.1. The number of imide groups is 1. The topological polar surface area (TPSA) is 87.0 Å². The number of carbonyl (C=O) groups is 3. The van der Waals surface area contributed by atoms with Gasteiger partial charge in [-0.2, -0.15) is 0 Å². The number of amides is 4. The number of carbonyl (C=O) groups excluding carboxylic acids is 3. The summed E-state index contributed by atoms with van der Waals surface area (Å²) in [6.07, 6.45) is 0.601. The van der Waals surface area contributed by atoms with Gasteiger partial charge < -0.3 is 9.47 Å². The van der Waals surface area contributed by atoms with Crippen molar-refractivity contribution in [2.24, 2.45) is 12.1 Å². The van der Waals surface area contributed by atoms with Crippen LogP contribution in [0, 0.1) is 0 Å². The lowest BCUT2D eigenvalue weighted by molar-refractivity contribution is -0.126. The van der Waals surface area contributed by atoms with Gasteiger partial charge in [0, 0.05) is 27.1 Å². The van der Waals surface area contributed by atoms with E-state index in [2.05, 4.69) is 10.5 Å². The maximum absolute atomic E-state index is 11.9. The predicted molar refractivity (Wildman–Crippen MR) is 93.5 cm³/mol. The molecule has 1 aliphatic heterocycles. The van der Waals surface area contributed by atoms with Gasteiger partial charge in [-0.05, 0) is 18.6 Å². The first-order valence-electron chi connectivity index (χ1n) is 7.90. The van der Waals surface area contributed by atoms with E-state index in [4.69, 9.17) is 0 Å². The molecule has 2 heterocycles. The average molecular weight is 361 g/mol. The molecule has 1 saturated heterocycles. The second-order valence-electron chi connectivity index (χ2n) is 5.85. The summed E-state index contributed by atoms with van der Waals surface area (Å²) in [6, 6.07) is 7.60. The van der Waals surface area contributed by atoms with Crippen molar-refractivity contribution in [1.29, 1.82) is 0 Å². The van der Waals surface area contributed by atoms with Crippen LogP contribution in [-0.2, 0) is 16.6 Å². The van der Waals surface area contributed by atoms with E-state index in [1.165, 1.54) is 21.1 Å². The fraction of sp³-hybridized carbons (Fsp3) is 0.375. The Bertz CT molecular complexity index is 901. The molecule has 0 saturated carbocycles. The molecule has 0 aliphatic carbocycles. The summed E-state index contributed by atoms with van der Waals surface area (Å²) in [7, 11) is 3.47. The van der Waals surface area contributed by atoms with Gasteiger partial charge in [0.05, 0.1) is 10.2 Å². The molecule has 0 bridgehead atoms. The molecule has 1 aromatic carbocycles. The molecular weight excluding hydrogens is 342 g/mol. The number of aromatic nitrogens is 1. The van der Waals surface area contributed by atoms with Crippen LogP contribution in [0.2, 0.25) is 0 Å². The molecule has 1 aliphatic rings. The molecule has 1 aromatic heterocycles. The predicted octanol–water partition coefficient (Wildman–Crippen LogP) is 0.846. The van der Waals surface area contributed by atoms with E-state index in [0.29, 0.717) is 11.2 Å². The minimum Gasteiger partial charge on any atom is -0.318 e. The molecule has 25 heavy (non-hydrogen) atoms. The Labute approximate surface area is 148 Å². The Kier molecular flexibility index (Phi) is 4.84. The van der Waals surface area contributed by atoms with E-state index in [1.807, 2.05) is 35.9 Å². The van der Waals surface area contributed by atoms with Gasteiger partial charge in [0.25, 0.3) is 0 Å². The van der Waals surface area contributed by atoms with E-state index in [0.717, 1.165) is 10.2 Å². The Balaban J connectivity index is 1.55. The Morgan fingerprint density at radius 3 is 2.72 bits per heavy atom. The van der Waals surface area contributed by atoms with Crippen molar-refractivity contribution >= 4 is 39.4 Å². The lowest BCUT2D eigenvalue weighted by atomic mass is 10.3. The van der Waals surface area contributed by atoms with Gasteiger partial charge in [0.1, 0.15) is 6.54 Å². The number of likely N-dealkylation sites (N-methyl/N-ethyl adjacent to an activating group) is 1. The van der Waals surface area contributed by atoms with Gasteiger partial charge >= 0.3 is 6.03 Å². The molecule has 9 heteroatoms. The van der Waals surface area contributed by atoms with Crippen LogP contribution < -0.4 is 10.2 Å². The molecule has 0 radical (unpaired) electrons. The van der Waals surface area contributed by atoms with Crippen molar-refractivity contribution in [3.05, 3.63) is 29.1 Å². The van der Waals surface area contributed by atoms with Gasteiger partial charge in [-0.3, -0.25) is 14.5 Å². The van der Waals surface area contributed by atoms with Crippen LogP contribution in [0.25, 0.3) is 10.2 Å². The van der Waals surface area contributed by atoms with Crippen molar-refractivity contribution in [3.63, 3.8) is 0 Å². The summed E-state index contributed by atoms with van der Waals surface area (Å²) in [5.41, 5.74) is 3.59. The molecule has 4 amide bonds. The van der Waals surface area contributed by atoms with Crippen molar-refractivity contribution in [2.45, 2.75) is 12.8 Å². The third-order valence-electron chi connectivity index (χ3n) is 4.01. The average Bonchev–Trinajstić information content (AvgIpc) is 3.04. The molecule has 0 unspecified atom stereocenters. The van der Waals surface area contributed by atoms with Crippen molar-refractivity contribution in [2.75, 3.05) is 20.1 Å². The number of urea groups is 1. The zero-order valence-corrected chi connectivity index (χ0v) is 14.9. The molecule has 0 atom stereocenters. The largest absolute Gasteiger partial charge is 0.326 e. The number of hydrogen-bond donors (Lipinski definition) is 1. The van der Waals surface area contributed by atoms with E-state index in [1.54, 1.807) is 7.05 Å². The highest BCUT2D eigenvalue weighted by atomic mass is 32.1. The number of aryl methyl sites for hydroxylation is 1. The van der Waals surface area contributed by atoms with E-state index >= 15 is 0 Å². The first-order valence-corrected chi connectivity index (χ1v) is 8.71. The highest BCUT2D eigenvalue weighted by Gasteiger charge is 2.32. The van der Waals surface area contributed by atoms with Crippen LogP contribution in [0.3, 0.4) is 0 Å². The lowest BCUT2D eigenvalue weighted by Crippen LogP contribution is -2.33. The number of nitrogens with zero attached hydrogens (tertiary/aromatic N) is 4. The number of hydrogen-bond acceptors (Lipinski definition) is 5. The summed E-state index contributed by atoms with van der Waals surface area (Å²) >= 11 is 1.49. The Morgan fingerprint density at radius 2 is 2.04 bits per heavy atom. The molecule has 1 fully saturated rings. The standard InChI is InChI=1S/C16H19N5O3S/c1-19-10-14(23)21(16(19)24)9-5-8-13(22)17-18-15-20(2)11-6-3-4-7-12(11)25-15/h3-4,6-7H,5,8-10H2,1-2H3,(H,17,22)/b18-15+. The summed E-state index contributed by atoms with van der Waals surface area (Å²) in [4.78, 5) is 38.6. The van der Waals surface area contributed by atoms with Crippen LogP contribution in [0.1, 0.15) is 12.8 Å². The molecule has 0 spiro atoms. The van der Waals surface area contributed by atoms with E-state index in [-0.39, 0.29) is 37.4 Å². The number of benzene rings is 1. The highest BCUT2D eigenvalue weighted by Crippen LogP contribution is 2.15. The minimum atomic E-state index is -0.313. The second-order valence-corrected chi connectivity index (χ2v) is 6.85. The van der Waals surface area contributed by atoms with Crippen LogP contribution in [0.5, 0.6) is 0 Å². The summed E-state index contributed by atoms with van der Waals surface area (Å²) in [5, 5.41) is 4.16. The quantitative estimate of drug-likeness (QED) is 0.633. The normalized spacial score (nSPS) is 15.5. The van der Waals surface area contributed by atoms with Gasteiger partial charge in [-0.25, -0.2) is 10.2 Å².